The highest BCUT2D eigenvalue weighted by molar-refractivity contribution is 7.17. The standard InChI is InChI=1S/C22H19F3N4O2S/c1-12-5-6-16(27-19(30)13-3-2-4-14(9-13)22(23,24)25)10-17(12)29-20(31)18-11-26-21(32-18)28-15-7-8-15/h2-6,9-11,15H,7-8H2,1H3,(H,26,28)(H,27,30)(H,29,31). The molecule has 1 fully saturated rings. The Kier molecular flexibility index (Phi) is 5.88. The molecule has 0 atom stereocenters. The van der Waals surface area contributed by atoms with E-state index in [1.807, 2.05) is 0 Å². The topological polar surface area (TPSA) is 83.1 Å². The molecule has 1 heterocycles. The van der Waals surface area contributed by atoms with Crippen LogP contribution in [0.2, 0.25) is 0 Å². The van der Waals surface area contributed by atoms with Crippen LogP contribution in [0, 0.1) is 6.92 Å². The molecule has 0 aliphatic heterocycles. The molecule has 0 radical (unpaired) electrons. The minimum Gasteiger partial charge on any atom is -0.359 e. The molecule has 3 aromatic rings. The number of nitrogens with zero attached hydrogens (tertiary/aromatic N) is 1. The minimum atomic E-state index is -4.54. The van der Waals surface area contributed by atoms with E-state index in [-0.39, 0.29) is 11.5 Å². The van der Waals surface area contributed by atoms with E-state index in [1.165, 1.54) is 29.7 Å². The molecule has 6 nitrogen and oxygen atoms in total. The third kappa shape index (κ3) is 5.25. The van der Waals surface area contributed by atoms with Crippen LogP contribution in [-0.4, -0.2) is 22.8 Å². The number of anilines is 3. The summed E-state index contributed by atoms with van der Waals surface area (Å²) in [7, 11) is 0. The largest absolute Gasteiger partial charge is 0.416 e. The van der Waals surface area contributed by atoms with Crippen molar-refractivity contribution in [2.45, 2.75) is 32.0 Å². The van der Waals surface area contributed by atoms with Gasteiger partial charge in [0, 0.05) is 23.0 Å². The monoisotopic (exact) mass is 460 g/mol. The van der Waals surface area contributed by atoms with Crippen LogP contribution in [-0.2, 0) is 6.18 Å². The second kappa shape index (κ2) is 8.62. The number of carbonyl (C=O) groups excluding carboxylic acids is 2. The molecule has 0 unspecified atom stereocenters. The number of aromatic nitrogens is 1. The van der Waals surface area contributed by atoms with Crippen LogP contribution in [0.5, 0.6) is 0 Å². The zero-order valence-corrected chi connectivity index (χ0v) is 17.7. The number of halogens is 3. The molecule has 10 heteroatoms. The predicted octanol–water partition coefficient (Wildman–Crippen LogP) is 5.55. The number of amides is 2. The lowest BCUT2D eigenvalue weighted by Crippen LogP contribution is -2.15. The summed E-state index contributed by atoms with van der Waals surface area (Å²) in [6, 6.07) is 9.48. The van der Waals surface area contributed by atoms with Gasteiger partial charge >= 0.3 is 6.18 Å². The van der Waals surface area contributed by atoms with E-state index in [2.05, 4.69) is 20.9 Å². The lowest BCUT2D eigenvalue weighted by molar-refractivity contribution is -0.137. The van der Waals surface area contributed by atoms with Gasteiger partial charge in [-0.2, -0.15) is 13.2 Å². The van der Waals surface area contributed by atoms with Crippen molar-refractivity contribution in [3.8, 4) is 0 Å². The molecule has 32 heavy (non-hydrogen) atoms. The maximum atomic E-state index is 12.9. The Bertz CT molecular complexity index is 1170. The molecule has 0 saturated heterocycles. The van der Waals surface area contributed by atoms with Crippen molar-refractivity contribution < 1.29 is 22.8 Å². The van der Waals surface area contributed by atoms with Gasteiger partial charge in [-0.1, -0.05) is 23.5 Å². The second-order valence-electron chi connectivity index (χ2n) is 7.46. The van der Waals surface area contributed by atoms with Gasteiger partial charge in [0.1, 0.15) is 4.88 Å². The number of aryl methyl sites for hydroxylation is 1. The average molecular weight is 460 g/mol. The molecule has 3 N–H and O–H groups in total. The number of alkyl halides is 3. The first-order chi connectivity index (χ1) is 15.2. The van der Waals surface area contributed by atoms with Crippen molar-refractivity contribution in [1.82, 2.24) is 4.98 Å². The molecule has 166 valence electrons. The molecular formula is C22H19F3N4O2S. The number of nitrogens with one attached hydrogen (secondary N) is 3. The quantitative estimate of drug-likeness (QED) is 0.451. The molecule has 2 amide bonds. The van der Waals surface area contributed by atoms with E-state index in [9.17, 15) is 22.8 Å². The first-order valence-electron chi connectivity index (χ1n) is 9.82. The van der Waals surface area contributed by atoms with E-state index < -0.39 is 17.6 Å². The molecule has 0 spiro atoms. The van der Waals surface area contributed by atoms with Gasteiger partial charge in [-0.3, -0.25) is 9.59 Å². The summed E-state index contributed by atoms with van der Waals surface area (Å²) in [5.41, 5.74) is 0.556. The Morgan fingerprint density at radius 1 is 1.06 bits per heavy atom. The van der Waals surface area contributed by atoms with Gasteiger partial charge in [0.25, 0.3) is 11.8 Å². The molecule has 1 aromatic heterocycles. The fourth-order valence-electron chi connectivity index (χ4n) is 2.91. The van der Waals surface area contributed by atoms with Crippen LogP contribution < -0.4 is 16.0 Å². The van der Waals surface area contributed by atoms with Crippen LogP contribution in [0.3, 0.4) is 0 Å². The number of carbonyl (C=O) groups is 2. The fraction of sp³-hybridized carbons (Fsp3) is 0.227. The van der Waals surface area contributed by atoms with Crippen LogP contribution >= 0.6 is 11.3 Å². The van der Waals surface area contributed by atoms with Crippen LogP contribution in [0.25, 0.3) is 0 Å². The SMILES string of the molecule is Cc1ccc(NC(=O)c2cccc(C(F)(F)F)c2)cc1NC(=O)c1cnc(NC2CC2)s1. The molecule has 2 aromatic carbocycles. The molecule has 0 bridgehead atoms. The third-order valence-electron chi connectivity index (χ3n) is 4.83. The highest BCUT2D eigenvalue weighted by Crippen LogP contribution is 2.30. The Morgan fingerprint density at radius 2 is 1.84 bits per heavy atom. The zero-order chi connectivity index (χ0) is 22.9. The fourth-order valence-corrected chi connectivity index (χ4v) is 3.69. The first kappa shape index (κ1) is 21.8. The normalized spacial score (nSPS) is 13.5. The molecule has 1 saturated carbocycles. The van der Waals surface area contributed by atoms with Crippen molar-refractivity contribution in [2.24, 2.45) is 0 Å². The van der Waals surface area contributed by atoms with E-state index >= 15 is 0 Å². The van der Waals surface area contributed by atoms with Crippen molar-refractivity contribution in [3.63, 3.8) is 0 Å². The van der Waals surface area contributed by atoms with Crippen molar-refractivity contribution >= 4 is 39.7 Å². The molecular weight excluding hydrogens is 441 g/mol. The summed E-state index contributed by atoms with van der Waals surface area (Å²) in [6.07, 6.45) is -0.847. The Morgan fingerprint density at radius 3 is 2.56 bits per heavy atom. The van der Waals surface area contributed by atoms with Gasteiger partial charge in [-0.15, -0.1) is 0 Å². The number of benzene rings is 2. The van der Waals surface area contributed by atoms with Gasteiger partial charge in [-0.05, 0) is 55.7 Å². The summed E-state index contributed by atoms with van der Waals surface area (Å²) in [5.74, 6) is -1.02. The van der Waals surface area contributed by atoms with E-state index in [1.54, 1.807) is 25.1 Å². The summed E-state index contributed by atoms with van der Waals surface area (Å²) >= 11 is 1.25. The van der Waals surface area contributed by atoms with Crippen molar-refractivity contribution in [2.75, 3.05) is 16.0 Å². The Balaban J connectivity index is 1.46. The summed E-state index contributed by atoms with van der Waals surface area (Å²) in [4.78, 5) is 29.7. The highest BCUT2D eigenvalue weighted by Gasteiger charge is 2.31. The molecule has 1 aliphatic carbocycles. The number of hydrogen-bond donors (Lipinski definition) is 3. The highest BCUT2D eigenvalue weighted by atomic mass is 32.1. The van der Waals surface area contributed by atoms with Crippen LogP contribution in [0.1, 0.15) is 44.0 Å². The predicted molar refractivity (Wildman–Crippen MR) is 117 cm³/mol. The van der Waals surface area contributed by atoms with E-state index in [0.29, 0.717) is 27.4 Å². The Labute approximate surface area is 185 Å². The third-order valence-corrected chi connectivity index (χ3v) is 5.76. The van der Waals surface area contributed by atoms with Gasteiger partial charge in [0.2, 0.25) is 0 Å². The smallest absolute Gasteiger partial charge is 0.359 e. The molecule has 4 rings (SSSR count). The lowest BCUT2D eigenvalue weighted by atomic mass is 10.1. The summed E-state index contributed by atoms with van der Waals surface area (Å²) in [6.45, 7) is 1.79. The lowest BCUT2D eigenvalue weighted by Gasteiger charge is -2.12. The number of thiazole rings is 1. The van der Waals surface area contributed by atoms with Crippen molar-refractivity contribution in [3.05, 3.63) is 70.2 Å². The van der Waals surface area contributed by atoms with Gasteiger partial charge in [0.15, 0.2) is 5.13 Å². The zero-order valence-electron chi connectivity index (χ0n) is 16.9. The van der Waals surface area contributed by atoms with Gasteiger partial charge < -0.3 is 16.0 Å². The number of hydrogen-bond acceptors (Lipinski definition) is 5. The molecule has 1 aliphatic rings. The maximum absolute atomic E-state index is 12.9. The average Bonchev–Trinajstić information content (AvgIpc) is 3.44. The van der Waals surface area contributed by atoms with Crippen LogP contribution in [0.15, 0.2) is 48.7 Å². The number of rotatable bonds is 6. The first-order valence-corrected chi connectivity index (χ1v) is 10.6. The van der Waals surface area contributed by atoms with Gasteiger partial charge in [-0.25, -0.2) is 4.98 Å². The second-order valence-corrected chi connectivity index (χ2v) is 8.50. The maximum Gasteiger partial charge on any atom is 0.416 e. The summed E-state index contributed by atoms with van der Waals surface area (Å²) in [5, 5.41) is 9.29. The van der Waals surface area contributed by atoms with Crippen molar-refractivity contribution in [1.29, 1.82) is 0 Å². The Hall–Kier alpha value is -3.40. The van der Waals surface area contributed by atoms with E-state index in [0.717, 1.165) is 30.5 Å². The van der Waals surface area contributed by atoms with Gasteiger partial charge in [0.05, 0.1) is 11.8 Å². The van der Waals surface area contributed by atoms with E-state index in [4.69, 9.17) is 0 Å². The van der Waals surface area contributed by atoms with Crippen LogP contribution in [0.4, 0.5) is 29.7 Å². The summed E-state index contributed by atoms with van der Waals surface area (Å²) < 4.78 is 38.7. The minimum absolute atomic E-state index is 0.119.